The van der Waals surface area contributed by atoms with Gasteiger partial charge in [-0.3, -0.25) is 14.7 Å². The second-order valence-electron chi connectivity index (χ2n) is 5.71. The van der Waals surface area contributed by atoms with Crippen LogP contribution in [0.2, 0.25) is 5.02 Å². The number of carbonyl (C=O) groups excluding carboxylic acids is 2. The van der Waals surface area contributed by atoms with Crippen LogP contribution in [0.5, 0.6) is 0 Å². The van der Waals surface area contributed by atoms with E-state index in [0.29, 0.717) is 16.4 Å². The summed E-state index contributed by atoms with van der Waals surface area (Å²) in [4.78, 5) is 24.6. The van der Waals surface area contributed by atoms with Gasteiger partial charge in [0.15, 0.2) is 5.69 Å². The van der Waals surface area contributed by atoms with Crippen molar-refractivity contribution in [3.63, 3.8) is 0 Å². The Morgan fingerprint density at radius 3 is 2.46 bits per heavy atom. The lowest BCUT2D eigenvalue weighted by Gasteiger charge is -2.12. The third-order valence-corrected chi connectivity index (χ3v) is 4.15. The van der Waals surface area contributed by atoms with Crippen molar-refractivity contribution in [3.8, 4) is 0 Å². The minimum atomic E-state index is -0.385. The Labute approximate surface area is 155 Å². The molecule has 2 amide bonds. The molecule has 1 heterocycles. The number of hydrogen-bond acceptors (Lipinski definition) is 3. The maximum Gasteiger partial charge on any atom is 0.272 e. The van der Waals surface area contributed by atoms with Gasteiger partial charge in [0.2, 0.25) is 0 Å². The molecule has 132 valence electrons. The SMILES string of the molecule is C[C@@H](NC(=O)c1cc(NC(=O)c2ccccc2Cl)[nH]n1)c1ccccc1. The van der Waals surface area contributed by atoms with E-state index in [4.69, 9.17) is 11.6 Å². The molecule has 0 fully saturated rings. The number of H-pyrrole nitrogens is 1. The van der Waals surface area contributed by atoms with Gasteiger partial charge in [-0.05, 0) is 24.6 Å². The Morgan fingerprint density at radius 2 is 1.73 bits per heavy atom. The molecule has 0 aliphatic rings. The van der Waals surface area contributed by atoms with E-state index < -0.39 is 0 Å². The maximum absolute atomic E-state index is 12.3. The summed E-state index contributed by atoms with van der Waals surface area (Å²) < 4.78 is 0. The number of carbonyl (C=O) groups is 2. The van der Waals surface area contributed by atoms with Crippen molar-refractivity contribution in [1.29, 1.82) is 0 Å². The van der Waals surface area contributed by atoms with Gasteiger partial charge in [0.05, 0.1) is 16.6 Å². The molecule has 3 N–H and O–H groups in total. The Balaban J connectivity index is 1.65. The zero-order valence-corrected chi connectivity index (χ0v) is 14.7. The summed E-state index contributed by atoms with van der Waals surface area (Å²) in [6, 6.07) is 17.6. The van der Waals surface area contributed by atoms with Crippen LogP contribution in [0.1, 0.15) is 39.4 Å². The first-order chi connectivity index (χ1) is 12.5. The molecule has 0 aliphatic heterocycles. The molecule has 6 nitrogen and oxygen atoms in total. The van der Waals surface area contributed by atoms with Crippen LogP contribution in [-0.2, 0) is 0 Å². The van der Waals surface area contributed by atoms with Gasteiger partial charge in [-0.15, -0.1) is 0 Å². The minimum Gasteiger partial charge on any atom is -0.344 e. The third kappa shape index (κ3) is 4.10. The zero-order valence-electron chi connectivity index (χ0n) is 14.0. The van der Waals surface area contributed by atoms with Gasteiger partial charge in [-0.1, -0.05) is 54.1 Å². The molecule has 0 saturated heterocycles. The number of benzene rings is 2. The molecule has 3 rings (SSSR count). The van der Waals surface area contributed by atoms with Crippen molar-refractivity contribution in [2.24, 2.45) is 0 Å². The lowest BCUT2D eigenvalue weighted by molar-refractivity contribution is 0.0934. The average molecular weight is 369 g/mol. The van der Waals surface area contributed by atoms with E-state index in [1.54, 1.807) is 24.3 Å². The summed E-state index contributed by atoms with van der Waals surface area (Å²) >= 11 is 6.01. The van der Waals surface area contributed by atoms with Crippen LogP contribution in [0, 0.1) is 0 Å². The zero-order chi connectivity index (χ0) is 18.5. The first-order valence-corrected chi connectivity index (χ1v) is 8.39. The number of nitrogens with zero attached hydrogens (tertiary/aromatic N) is 1. The number of amides is 2. The van der Waals surface area contributed by atoms with Gasteiger partial charge in [-0.25, -0.2) is 0 Å². The monoisotopic (exact) mass is 368 g/mol. The number of aromatic amines is 1. The molecule has 1 atom stereocenters. The molecule has 2 aromatic carbocycles. The van der Waals surface area contributed by atoms with E-state index in [0.717, 1.165) is 5.56 Å². The van der Waals surface area contributed by atoms with Gasteiger partial charge in [0.25, 0.3) is 11.8 Å². The Hall–Kier alpha value is -3.12. The third-order valence-electron chi connectivity index (χ3n) is 3.82. The molecule has 0 unspecified atom stereocenters. The fourth-order valence-electron chi connectivity index (χ4n) is 2.43. The highest BCUT2D eigenvalue weighted by molar-refractivity contribution is 6.34. The van der Waals surface area contributed by atoms with Crippen LogP contribution >= 0.6 is 11.6 Å². The number of aromatic nitrogens is 2. The number of halogens is 1. The van der Waals surface area contributed by atoms with Gasteiger partial charge in [0.1, 0.15) is 5.82 Å². The van der Waals surface area contributed by atoms with Crippen LogP contribution in [0.25, 0.3) is 0 Å². The van der Waals surface area contributed by atoms with Crippen molar-refractivity contribution < 1.29 is 9.59 Å². The molecular weight excluding hydrogens is 352 g/mol. The average Bonchev–Trinajstić information content (AvgIpc) is 3.11. The lowest BCUT2D eigenvalue weighted by atomic mass is 10.1. The second kappa shape index (κ2) is 7.84. The van der Waals surface area contributed by atoms with Crippen molar-refractivity contribution in [3.05, 3.63) is 82.5 Å². The molecular formula is C19H17ClN4O2. The standard InChI is InChI=1S/C19H17ClN4O2/c1-12(13-7-3-2-4-8-13)21-19(26)16-11-17(24-23-16)22-18(25)14-9-5-6-10-15(14)20/h2-12H,1H3,(H,21,26)(H2,22,23,24,25)/t12-/m1/s1. The van der Waals surface area contributed by atoms with Crippen LogP contribution in [-0.4, -0.2) is 22.0 Å². The summed E-state index contributed by atoms with van der Waals surface area (Å²) in [5.41, 5.74) is 1.51. The molecule has 3 aromatic rings. The van der Waals surface area contributed by atoms with E-state index in [9.17, 15) is 9.59 Å². The topological polar surface area (TPSA) is 86.9 Å². The van der Waals surface area contributed by atoms with Crippen LogP contribution in [0.4, 0.5) is 5.82 Å². The normalized spacial score (nSPS) is 11.6. The van der Waals surface area contributed by atoms with Crippen molar-refractivity contribution >= 4 is 29.2 Å². The largest absolute Gasteiger partial charge is 0.344 e. The summed E-state index contributed by atoms with van der Waals surface area (Å²) in [5, 5.41) is 12.4. The fraction of sp³-hybridized carbons (Fsp3) is 0.105. The van der Waals surface area contributed by atoms with E-state index in [2.05, 4.69) is 20.8 Å². The Morgan fingerprint density at radius 1 is 1.04 bits per heavy atom. The smallest absolute Gasteiger partial charge is 0.272 e. The highest BCUT2D eigenvalue weighted by Gasteiger charge is 2.16. The number of anilines is 1. The molecule has 1 aromatic heterocycles. The first kappa shape index (κ1) is 17.7. The van der Waals surface area contributed by atoms with E-state index in [1.165, 1.54) is 6.07 Å². The number of nitrogens with one attached hydrogen (secondary N) is 3. The molecule has 0 aliphatic carbocycles. The lowest BCUT2D eigenvalue weighted by Crippen LogP contribution is -2.26. The van der Waals surface area contributed by atoms with Crippen LogP contribution in [0.15, 0.2) is 60.7 Å². The van der Waals surface area contributed by atoms with Crippen molar-refractivity contribution in [2.75, 3.05) is 5.32 Å². The van der Waals surface area contributed by atoms with Crippen LogP contribution in [0.3, 0.4) is 0 Å². The Kier molecular flexibility index (Phi) is 5.34. The highest BCUT2D eigenvalue weighted by Crippen LogP contribution is 2.17. The van der Waals surface area contributed by atoms with Crippen LogP contribution < -0.4 is 10.6 Å². The summed E-state index contributed by atoms with van der Waals surface area (Å²) in [6.07, 6.45) is 0. The predicted molar refractivity (Wildman–Crippen MR) is 100 cm³/mol. The molecule has 0 bridgehead atoms. The molecule has 7 heteroatoms. The summed E-state index contributed by atoms with van der Waals surface area (Å²) in [5.74, 6) is -0.410. The van der Waals surface area contributed by atoms with Crippen molar-refractivity contribution in [1.82, 2.24) is 15.5 Å². The maximum atomic E-state index is 12.3. The fourth-order valence-corrected chi connectivity index (χ4v) is 2.65. The van der Waals surface area contributed by atoms with Gasteiger partial charge in [0, 0.05) is 6.07 Å². The Bertz CT molecular complexity index is 924. The highest BCUT2D eigenvalue weighted by atomic mass is 35.5. The quantitative estimate of drug-likeness (QED) is 0.640. The van der Waals surface area contributed by atoms with Gasteiger partial charge in [-0.2, -0.15) is 5.10 Å². The summed E-state index contributed by atoms with van der Waals surface area (Å²) in [7, 11) is 0. The van der Waals surface area contributed by atoms with E-state index in [1.807, 2.05) is 37.3 Å². The number of hydrogen-bond donors (Lipinski definition) is 3. The molecule has 0 radical (unpaired) electrons. The minimum absolute atomic E-state index is 0.165. The molecule has 0 spiro atoms. The summed E-state index contributed by atoms with van der Waals surface area (Å²) in [6.45, 7) is 1.89. The van der Waals surface area contributed by atoms with Gasteiger partial charge >= 0.3 is 0 Å². The van der Waals surface area contributed by atoms with Gasteiger partial charge < -0.3 is 10.6 Å². The van der Waals surface area contributed by atoms with E-state index >= 15 is 0 Å². The predicted octanol–water partition coefficient (Wildman–Crippen LogP) is 3.81. The number of rotatable bonds is 5. The second-order valence-corrected chi connectivity index (χ2v) is 6.11. The van der Waals surface area contributed by atoms with E-state index in [-0.39, 0.29) is 23.6 Å². The molecule has 0 saturated carbocycles. The molecule has 26 heavy (non-hydrogen) atoms. The van der Waals surface area contributed by atoms with Crippen molar-refractivity contribution in [2.45, 2.75) is 13.0 Å². The first-order valence-electron chi connectivity index (χ1n) is 8.01.